The second-order valence-electron chi connectivity index (χ2n) is 5.12. The van der Waals surface area contributed by atoms with E-state index in [-0.39, 0.29) is 11.5 Å². The van der Waals surface area contributed by atoms with Crippen LogP contribution in [0.4, 0.5) is 5.69 Å². The zero-order valence-corrected chi connectivity index (χ0v) is 14.5. The van der Waals surface area contributed by atoms with E-state index in [0.717, 1.165) is 15.8 Å². The second kappa shape index (κ2) is 6.88. The lowest BCUT2D eigenvalue weighted by molar-refractivity contribution is -0.117. The fraction of sp³-hybridized carbons (Fsp3) is 0.111. The van der Waals surface area contributed by atoms with Crippen LogP contribution in [0.2, 0.25) is 0 Å². The normalized spacial score (nSPS) is 15.8. The lowest BCUT2D eigenvalue weighted by Crippen LogP contribution is -2.35. The molecule has 0 spiro atoms. The molecule has 0 saturated carbocycles. The van der Waals surface area contributed by atoms with Crippen molar-refractivity contribution in [3.8, 4) is 5.75 Å². The first-order valence-corrected chi connectivity index (χ1v) is 8.23. The summed E-state index contributed by atoms with van der Waals surface area (Å²) < 4.78 is 6.28. The maximum absolute atomic E-state index is 12.5. The van der Waals surface area contributed by atoms with E-state index in [9.17, 15) is 9.59 Å². The predicted molar refractivity (Wildman–Crippen MR) is 95.4 cm³/mol. The Morgan fingerprint density at radius 1 is 1.08 bits per heavy atom. The highest BCUT2D eigenvalue weighted by atomic mass is 79.9. The molecule has 1 aliphatic heterocycles. The van der Waals surface area contributed by atoms with Gasteiger partial charge < -0.3 is 4.74 Å². The van der Waals surface area contributed by atoms with Crippen molar-refractivity contribution in [1.82, 2.24) is 5.43 Å². The number of halogens is 1. The van der Waals surface area contributed by atoms with Crippen LogP contribution in [-0.4, -0.2) is 18.4 Å². The van der Waals surface area contributed by atoms with Crippen molar-refractivity contribution >= 4 is 39.5 Å². The molecule has 1 aliphatic rings. The highest BCUT2D eigenvalue weighted by Gasteiger charge is 2.34. The van der Waals surface area contributed by atoms with Crippen molar-refractivity contribution in [2.24, 2.45) is 0 Å². The van der Waals surface area contributed by atoms with E-state index in [1.165, 1.54) is 5.01 Å². The number of anilines is 1. The molecule has 2 aromatic carbocycles. The van der Waals surface area contributed by atoms with Gasteiger partial charge in [0.1, 0.15) is 11.3 Å². The number of nitrogens with one attached hydrogen (secondary N) is 1. The maximum atomic E-state index is 12.5. The van der Waals surface area contributed by atoms with Gasteiger partial charge >= 0.3 is 0 Å². The molecule has 0 atom stereocenters. The molecule has 0 unspecified atom stereocenters. The molecule has 6 heteroatoms. The number of ether oxygens (including phenoxy) is 1. The summed E-state index contributed by atoms with van der Waals surface area (Å²) in [6.07, 6.45) is 1.58. The Morgan fingerprint density at radius 2 is 1.75 bits per heavy atom. The molecule has 1 N–H and O–H groups in total. The van der Waals surface area contributed by atoms with Gasteiger partial charge in [-0.15, -0.1) is 0 Å². The van der Waals surface area contributed by atoms with Gasteiger partial charge in [0.2, 0.25) is 0 Å². The summed E-state index contributed by atoms with van der Waals surface area (Å²) in [5, 5.41) is 1.25. The second-order valence-corrected chi connectivity index (χ2v) is 6.03. The van der Waals surface area contributed by atoms with Gasteiger partial charge in [-0.1, -0.05) is 28.1 Å². The Bertz CT molecular complexity index is 798. The summed E-state index contributed by atoms with van der Waals surface area (Å²) in [5.41, 5.74) is 4.04. The Balaban J connectivity index is 1.84. The zero-order valence-electron chi connectivity index (χ0n) is 13.0. The molecule has 1 saturated heterocycles. The third-order valence-electron chi connectivity index (χ3n) is 3.48. The van der Waals surface area contributed by atoms with E-state index in [1.807, 2.05) is 19.1 Å². The van der Waals surface area contributed by atoms with Gasteiger partial charge in [-0.05, 0) is 55.0 Å². The molecular weight excluding hydrogens is 372 g/mol. The van der Waals surface area contributed by atoms with Gasteiger partial charge in [0.05, 0.1) is 12.3 Å². The van der Waals surface area contributed by atoms with Gasteiger partial charge in [0.15, 0.2) is 0 Å². The zero-order chi connectivity index (χ0) is 17.1. The molecule has 1 fully saturated rings. The van der Waals surface area contributed by atoms with Crippen LogP contribution in [-0.2, 0) is 9.59 Å². The predicted octanol–water partition coefficient (Wildman–Crippen LogP) is 3.31. The number of benzene rings is 2. The lowest BCUT2D eigenvalue weighted by Gasteiger charge is -2.14. The van der Waals surface area contributed by atoms with E-state index in [1.54, 1.807) is 42.5 Å². The molecular formula is C18H15BrN2O3. The van der Waals surface area contributed by atoms with E-state index >= 15 is 0 Å². The first-order valence-electron chi connectivity index (χ1n) is 7.44. The van der Waals surface area contributed by atoms with Gasteiger partial charge in [0.25, 0.3) is 11.8 Å². The Labute approximate surface area is 148 Å². The van der Waals surface area contributed by atoms with Crippen LogP contribution in [0, 0.1) is 0 Å². The fourth-order valence-corrected chi connectivity index (χ4v) is 2.59. The Hall–Kier alpha value is -2.60. The molecule has 1 heterocycles. The Kier molecular flexibility index (Phi) is 4.66. The molecule has 5 nitrogen and oxygen atoms in total. The average molecular weight is 387 g/mol. The monoisotopic (exact) mass is 386 g/mol. The minimum absolute atomic E-state index is 0.0991. The van der Waals surface area contributed by atoms with Crippen molar-refractivity contribution in [3.05, 3.63) is 64.1 Å². The average Bonchev–Trinajstić information content (AvgIpc) is 2.86. The first kappa shape index (κ1) is 16.3. The largest absolute Gasteiger partial charge is 0.494 e. The molecule has 2 amide bonds. The summed E-state index contributed by atoms with van der Waals surface area (Å²) in [5.74, 6) is -0.0497. The summed E-state index contributed by atoms with van der Waals surface area (Å²) in [4.78, 5) is 24.6. The van der Waals surface area contributed by atoms with Gasteiger partial charge in [-0.3, -0.25) is 15.0 Å². The summed E-state index contributed by atoms with van der Waals surface area (Å²) in [6.45, 7) is 2.50. The molecule has 0 aliphatic carbocycles. The van der Waals surface area contributed by atoms with Crippen LogP contribution < -0.4 is 15.2 Å². The number of amides is 2. The van der Waals surface area contributed by atoms with Crippen molar-refractivity contribution in [2.45, 2.75) is 6.92 Å². The summed E-state index contributed by atoms with van der Waals surface area (Å²) >= 11 is 3.34. The highest BCUT2D eigenvalue weighted by molar-refractivity contribution is 9.10. The molecule has 0 bridgehead atoms. The van der Waals surface area contributed by atoms with Crippen LogP contribution in [0.3, 0.4) is 0 Å². The molecule has 2 aromatic rings. The minimum atomic E-state index is -0.420. The molecule has 0 radical (unpaired) electrons. The standard InChI is InChI=1S/C18H15BrN2O3/c1-2-24-15-9-3-12(4-10-15)11-16-17(22)20-21(18(16)23)14-7-5-13(19)6-8-14/h3-11H,2H2,1H3,(H,20,22). The van der Waals surface area contributed by atoms with Gasteiger partial charge in [-0.25, -0.2) is 5.01 Å². The third-order valence-corrected chi connectivity index (χ3v) is 4.01. The number of nitrogens with zero attached hydrogens (tertiary/aromatic N) is 1. The molecule has 0 aromatic heterocycles. The number of carbonyl (C=O) groups is 2. The van der Waals surface area contributed by atoms with Crippen LogP contribution in [0.15, 0.2) is 58.6 Å². The van der Waals surface area contributed by atoms with E-state index in [0.29, 0.717) is 12.3 Å². The maximum Gasteiger partial charge on any atom is 0.282 e. The van der Waals surface area contributed by atoms with Crippen LogP contribution in [0.25, 0.3) is 6.08 Å². The SMILES string of the molecule is CCOc1ccc(C=C2C(=O)NN(c3ccc(Br)cc3)C2=O)cc1. The molecule has 24 heavy (non-hydrogen) atoms. The summed E-state index contributed by atoms with van der Waals surface area (Å²) in [7, 11) is 0. The van der Waals surface area contributed by atoms with E-state index in [4.69, 9.17) is 4.74 Å². The number of carbonyl (C=O) groups excluding carboxylic acids is 2. The third kappa shape index (κ3) is 3.33. The fourth-order valence-electron chi connectivity index (χ4n) is 2.32. The van der Waals surface area contributed by atoms with E-state index in [2.05, 4.69) is 21.4 Å². The smallest absolute Gasteiger partial charge is 0.282 e. The summed E-state index contributed by atoms with van der Waals surface area (Å²) in [6, 6.07) is 14.3. The quantitative estimate of drug-likeness (QED) is 0.647. The van der Waals surface area contributed by atoms with Crippen molar-refractivity contribution in [3.63, 3.8) is 0 Å². The van der Waals surface area contributed by atoms with Crippen molar-refractivity contribution < 1.29 is 14.3 Å². The minimum Gasteiger partial charge on any atom is -0.494 e. The number of hydrazine groups is 1. The van der Waals surface area contributed by atoms with Crippen LogP contribution in [0.5, 0.6) is 5.75 Å². The number of rotatable bonds is 4. The molecule has 122 valence electrons. The number of hydrogen-bond acceptors (Lipinski definition) is 3. The van der Waals surface area contributed by atoms with E-state index < -0.39 is 5.91 Å². The van der Waals surface area contributed by atoms with Crippen molar-refractivity contribution in [1.29, 1.82) is 0 Å². The topological polar surface area (TPSA) is 58.6 Å². The van der Waals surface area contributed by atoms with Gasteiger partial charge in [-0.2, -0.15) is 0 Å². The lowest BCUT2D eigenvalue weighted by atomic mass is 10.1. The first-order chi connectivity index (χ1) is 11.6. The highest BCUT2D eigenvalue weighted by Crippen LogP contribution is 2.23. The van der Waals surface area contributed by atoms with Crippen LogP contribution in [0.1, 0.15) is 12.5 Å². The van der Waals surface area contributed by atoms with Crippen molar-refractivity contribution in [2.75, 3.05) is 11.6 Å². The number of hydrogen-bond donors (Lipinski definition) is 1. The molecule has 3 rings (SSSR count). The van der Waals surface area contributed by atoms with Gasteiger partial charge in [0, 0.05) is 4.47 Å². The van der Waals surface area contributed by atoms with Crippen LogP contribution >= 0.6 is 15.9 Å². The Morgan fingerprint density at radius 3 is 2.38 bits per heavy atom.